The summed E-state index contributed by atoms with van der Waals surface area (Å²) in [5, 5.41) is 2.74. The quantitative estimate of drug-likeness (QED) is 0.800. The molecule has 2 aliphatic rings. The number of likely N-dealkylation sites (tertiary alicyclic amines) is 2. The number of carbonyl (C=O) groups is 3. The Hall–Kier alpha value is -2.57. The minimum Gasteiger partial charge on any atom is -0.494 e. The number of nitrogens with one attached hydrogen (secondary N) is 1. The lowest BCUT2D eigenvalue weighted by Crippen LogP contribution is -2.48. The normalized spacial score (nSPS) is 22.2. The van der Waals surface area contributed by atoms with E-state index in [-0.39, 0.29) is 24.1 Å². The molecule has 2 heterocycles. The molecule has 0 bridgehead atoms. The molecule has 2 saturated heterocycles. The topological polar surface area (TPSA) is 79.0 Å². The molecular weight excluding hydrogens is 346 g/mol. The lowest BCUT2D eigenvalue weighted by atomic mass is 9.78. The Labute approximate surface area is 159 Å². The molecule has 3 amide bonds. The maximum absolute atomic E-state index is 12.6. The van der Waals surface area contributed by atoms with Crippen LogP contribution in [0.25, 0.3) is 0 Å². The van der Waals surface area contributed by atoms with Crippen molar-refractivity contribution in [2.45, 2.75) is 32.6 Å². The number of anilines is 1. The smallest absolute Gasteiger partial charge is 0.233 e. The summed E-state index contributed by atoms with van der Waals surface area (Å²) in [4.78, 5) is 40.7. The third-order valence-corrected chi connectivity index (χ3v) is 5.42. The van der Waals surface area contributed by atoms with Gasteiger partial charge in [-0.2, -0.15) is 0 Å². The van der Waals surface area contributed by atoms with Crippen LogP contribution in [0.3, 0.4) is 0 Å². The Kier molecular flexibility index (Phi) is 5.68. The van der Waals surface area contributed by atoms with Gasteiger partial charge in [0.2, 0.25) is 17.7 Å². The highest BCUT2D eigenvalue weighted by atomic mass is 16.5. The third kappa shape index (κ3) is 4.23. The number of carbonyl (C=O) groups excluding carboxylic acids is 3. The highest BCUT2D eigenvalue weighted by Crippen LogP contribution is 2.39. The summed E-state index contributed by atoms with van der Waals surface area (Å²) in [7, 11) is 1.82. The molecule has 1 aromatic carbocycles. The summed E-state index contributed by atoms with van der Waals surface area (Å²) in [5.74, 6) is 0.285. The summed E-state index contributed by atoms with van der Waals surface area (Å²) < 4.78 is 5.36. The Balaban J connectivity index is 1.53. The second kappa shape index (κ2) is 7.98. The van der Waals surface area contributed by atoms with Gasteiger partial charge in [0.15, 0.2) is 0 Å². The molecule has 2 aliphatic heterocycles. The molecule has 1 aromatic rings. The fourth-order valence-electron chi connectivity index (χ4n) is 3.99. The van der Waals surface area contributed by atoms with Crippen LogP contribution in [0.15, 0.2) is 24.3 Å². The molecule has 0 aromatic heterocycles. The first-order chi connectivity index (χ1) is 12.9. The van der Waals surface area contributed by atoms with Crippen LogP contribution in [0.1, 0.15) is 32.6 Å². The Morgan fingerprint density at radius 3 is 2.63 bits per heavy atom. The average molecular weight is 373 g/mol. The van der Waals surface area contributed by atoms with E-state index in [4.69, 9.17) is 4.74 Å². The predicted octanol–water partition coefficient (Wildman–Crippen LogP) is 1.88. The van der Waals surface area contributed by atoms with E-state index < -0.39 is 5.41 Å². The number of hydrogen-bond donors (Lipinski definition) is 1. The van der Waals surface area contributed by atoms with Crippen LogP contribution >= 0.6 is 0 Å². The van der Waals surface area contributed by atoms with Gasteiger partial charge in [0.05, 0.1) is 12.0 Å². The van der Waals surface area contributed by atoms with Gasteiger partial charge >= 0.3 is 0 Å². The van der Waals surface area contributed by atoms with Crippen LogP contribution in [0.4, 0.5) is 5.69 Å². The second-order valence-corrected chi connectivity index (χ2v) is 7.36. The molecule has 0 saturated carbocycles. The predicted molar refractivity (Wildman–Crippen MR) is 101 cm³/mol. The van der Waals surface area contributed by atoms with Crippen molar-refractivity contribution < 1.29 is 19.1 Å². The van der Waals surface area contributed by atoms with Crippen molar-refractivity contribution in [3.8, 4) is 5.75 Å². The lowest BCUT2D eigenvalue weighted by molar-refractivity contribution is -0.144. The Morgan fingerprint density at radius 2 is 1.93 bits per heavy atom. The zero-order chi connectivity index (χ0) is 19.4. The molecule has 0 aliphatic carbocycles. The van der Waals surface area contributed by atoms with Crippen molar-refractivity contribution in [2.75, 3.05) is 38.6 Å². The maximum Gasteiger partial charge on any atom is 0.233 e. The first-order valence-corrected chi connectivity index (χ1v) is 9.49. The fourth-order valence-corrected chi connectivity index (χ4v) is 3.99. The molecule has 7 heteroatoms. The van der Waals surface area contributed by atoms with Crippen molar-refractivity contribution in [2.24, 2.45) is 5.41 Å². The van der Waals surface area contributed by atoms with Gasteiger partial charge in [-0.15, -0.1) is 0 Å². The lowest BCUT2D eigenvalue weighted by Gasteiger charge is -2.37. The molecule has 1 N–H and O–H groups in total. The number of hydrogen-bond acceptors (Lipinski definition) is 4. The first kappa shape index (κ1) is 19.2. The number of nitrogens with zero attached hydrogens (tertiary/aromatic N) is 2. The number of ether oxygens (including phenoxy) is 1. The van der Waals surface area contributed by atoms with Gasteiger partial charge in [0.1, 0.15) is 12.2 Å². The van der Waals surface area contributed by atoms with E-state index in [1.165, 1.54) is 0 Å². The molecule has 0 radical (unpaired) electrons. The minimum atomic E-state index is -0.450. The van der Waals surface area contributed by atoms with Gasteiger partial charge in [0.25, 0.3) is 0 Å². The molecular formula is C20H27N3O4. The van der Waals surface area contributed by atoms with Gasteiger partial charge in [-0.3, -0.25) is 14.4 Å². The fraction of sp³-hybridized carbons (Fsp3) is 0.550. The van der Waals surface area contributed by atoms with Crippen LogP contribution in [-0.4, -0.2) is 60.8 Å². The Morgan fingerprint density at radius 1 is 1.19 bits per heavy atom. The van der Waals surface area contributed by atoms with Gasteiger partial charge in [0, 0.05) is 32.4 Å². The summed E-state index contributed by atoms with van der Waals surface area (Å²) in [6, 6.07) is 7.04. The van der Waals surface area contributed by atoms with Crippen LogP contribution in [0.2, 0.25) is 0 Å². The molecule has 146 valence electrons. The summed E-state index contributed by atoms with van der Waals surface area (Å²) in [6.45, 7) is 4.22. The summed E-state index contributed by atoms with van der Waals surface area (Å²) in [6.07, 6.45) is 2.25. The van der Waals surface area contributed by atoms with E-state index in [0.717, 1.165) is 25.1 Å². The van der Waals surface area contributed by atoms with Crippen molar-refractivity contribution in [3.63, 3.8) is 0 Å². The number of benzene rings is 1. The van der Waals surface area contributed by atoms with E-state index in [9.17, 15) is 14.4 Å². The van der Waals surface area contributed by atoms with Crippen LogP contribution in [0, 0.1) is 5.41 Å². The largest absolute Gasteiger partial charge is 0.494 e. The Bertz CT molecular complexity index is 718. The van der Waals surface area contributed by atoms with Crippen molar-refractivity contribution in [1.29, 1.82) is 0 Å². The molecule has 3 rings (SSSR count). The van der Waals surface area contributed by atoms with Crippen molar-refractivity contribution >= 4 is 23.4 Å². The van der Waals surface area contributed by atoms with E-state index in [1.54, 1.807) is 34.1 Å². The zero-order valence-corrected chi connectivity index (χ0v) is 16.0. The number of rotatable bonds is 5. The standard InChI is InChI=1S/C20H27N3O4/c1-3-27-16-7-5-15(6-8-16)21-17(24)13-18(25)23-12-10-20(14-23)9-4-11-22(2)19(20)26/h5-8H,3-4,9-14H2,1-2H3,(H,21,24)/t20-/m1/s1. The van der Waals surface area contributed by atoms with Gasteiger partial charge in [-0.1, -0.05) is 0 Å². The highest BCUT2D eigenvalue weighted by Gasteiger charge is 2.48. The molecule has 0 unspecified atom stereocenters. The van der Waals surface area contributed by atoms with Crippen molar-refractivity contribution in [3.05, 3.63) is 24.3 Å². The van der Waals surface area contributed by atoms with E-state index >= 15 is 0 Å². The number of amides is 3. The van der Waals surface area contributed by atoms with E-state index in [0.29, 0.717) is 31.8 Å². The van der Waals surface area contributed by atoms with Crippen LogP contribution in [0.5, 0.6) is 5.75 Å². The van der Waals surface area contributed by atoms with Gasteiger partial charge < -0.3 is 19.9 Å². The summed E-state index contributed by atoms with van der Waals surface area (Å²) in [5.41, 5.74) is 0.173. The van der Waals surface area contributed by atoms with Gasteiger partial charge in [-0.25, -0.2) is 0 Å². The first-order valence-electron chi connectivity index (χ1n) is 9.49. The van der Waals surface area contributed by atoms with Crippen LogP contribution < -0.4 is 10.1 Å². The monoisotopic (exact) mass is 373 g/mol. The van der Waals surface area contributed by atoms with E-state index in [2.05, 4.69) is 5.32 Å². The molecule has 7 nitrogen and oxygen atoms in total. The number of piperidine rings is 1. The minimum absolute atomic E-state index is 0.128. The van der Waals surface area contributed by atoms with E-state index in [1.807, 2.05) is 14.0 Å². The SMILES string of the molecule is CCOc1ccc(NC(=O)CC(=O)N2CC[C@]3(CCCN(C)C3=O)C2)cc1. The molecule has 27 heavy (non-hydrogen) atoms. The maximum atomic E-state index is 12.6. The average Bonchev–Trinajstić information content (AvgIpc) is 3.07. The molecule has 2 fully saturated rings. The summed E-state index contributed by atoms with van der Waals surface area (Å²) >= 11 is 0. The van der Waals surface area contributed by atoms with Crippen LogP contribution in [-0.2, 0) is 14.4 Å². The van der Waals surface area contributed by atoms with Crippen molar-refractivity contribution in [1.82, 2.24) is 9.80 Å². The zero-order valence-electron chi connectivity index (χ0n) is 16.0. The molecule has 1 spiro atoms. The highest BCUT2D eigenvalue weighted by molar-refractivity contribution is 6.03. The van der Waals surface area contributed by atoms with Gasteiger partial charge in [-0.05, 0) is 50.5 Å². The third-order valence-electron chi connectivity index (χ3n) is 5.42. The molecule has 1 atom stereocenters. The second-order valence-electron chi connectivity index (χ2n) is 7.36.